The molecular formula is C32H37F5N6O2. The summed E-state index contributed by atoms with van der Waals surface area (Å²) in [5, 5.41) is 5.19. The van der Waals surface area contributed by atoms with Gasteiger partial charge in [0.2, 0.25) is 5.95 Å². The molecule has 0 unspecified atom stereocenters. The van der Waals surface area contributed by atoms with Crippen LogP contribution in [0, 0.1) is 18.6 Å². The van der Waals surface area contributed by atoms with Gasteiger partial charge in [-0.15, -0.1) is 0 Å². The number of nitrogens with zero attached hydrogens (tertiary/aromatic N) is 4. The van der Waals surface area contributed by atoms with Crippen molar-refractivity contribution in [2.75, 3.05) is 38.0 Å². The van der Waals surface area contributed by atoms with Crippen LogP contribution in [0.15, 0.2) is 53.3 Å². The fourth-order valence-corrected chi connectivity index (χ4v) is 4.66. The van der Waals surface area contributed by atoms with Gasteiger partial charge in [-0.05, 0) is 68.9 Å². The van der Waals surface area contributed by atoms with Gasteiger partial charge in [0, 0.05) is 29.1 Å². The summed E-state index contributed by atoms with van der Waals surface area (Å²) in [7, 11) is 0. The van der Waals surface area contributed by atoms with Gasteiger partial charge in [0.05, 0.1) is 5.69 Å². The molecule has 0 spiro atoms. The number of carbonyl (C=O) groups is 1. The quantitative estimate of drug-likeness (QED) is 0.145. The zero-order chi connectivity index (χ0) is 33.3. The molecule has 1 amide bonds. The average Bonchev–Trinajstić information content (AvgIpc) is 3.01. The highest BCUT2D eigenvalue weighted by molar-refractivity contribution is 5.98. The smallest absolute Gasteiger partial charge is 0.354 e. The maximum atomic E-state index is 14.9. The van der Waals surface area contributed by atoms with Gasteiger partial charge in [0.25, 0.3) is 11.5 Å². The Balaban J connectivity index is 0.00000271. The predicted molar refractivity (Wildman–Crippen MR) is 166 cm³/mol. The number of aromatic nitrogens is 3. The highest BCUT2D eigenvalue weighted by Gasteiger charge is 2.28. The molecule has 0 bridgehead atoms. The van der Waals surface area contributed by atoms with Gasteiger partial charge in [0.1, 0.15) is 23.9 Å². The zero-order valence-corrected chi connectivity index (χ0v) is 25.9. The summed E-state index contributed by atoms with van der Waals surface area (Å²) < 4.78 is 68.8. The van der Waals surface area contributed by atoms with E-state index in [1.807, 2.05) is 19.2 Å². The average molecular weight is 633 g/mol. The van der Waals surface area contributed by atoms with Crippen LogP contribution >= 0.6 is 0 Å². The van der Waals surface area contributed by atoms with Crippen LogP contribution in [-0.4, -0.2) is 64.2 Å². The van der Waals surface area contributed by atoms with Crippen molar-refractivity contribution in [1.29, 1.82) is 0 Å². The van der Waals surface area contributed by atoms with Crippen LogP contribution in [0.2, 0.25) is 0 Å². The maximum absolute atomic E-state index is 14.9. The van der Waals surface area contributed by atoms with E-state index in [0.29, 0.717) is 17.7 Å². The second-order valence-corrected chi connectivity index (χ2v) is 9.85. The van der Waals surface area contributed by atoms with E-state index >= 15 is 0 Å². The molecule has 242 valence electrons. The van der Waals surface area contributed by atoms with Gasteiger partial charge >= 0.3 is 6.18 Å². The molecular weight excluding hydrogens is 595 g/mol. The second kappa shape index (κ2) is 15.6. The van der Waals surface area contributed by atoms with Crippen molar-refractivity contribution < 1.29 is 26.7 Å². The number of fused-ring (bicyclic) bond motifs is 1. The molecule has 0 atom stereocenters. The molecule has 0 saturated carbocycles. The number of hydrogen-bond acceptors (Lipinski definition) is 6. The van der Waals surface area contributed by atoms with Crippen molar-refractivity contribution in [1.82, 2.24) is 24.8 Å². The van der Waals surface area contributed by atoms with E-state index in [1.165, 1.54) is 24.3 Å². The van der Waals surface area contributed by atoms with Crippen LogP contribution in [0.3, 0.4) is 0 Å². The summed E-state index contributed by atoms with van der Waals surface area (Å²) in [6, 6.07) is 10.0. The molecule has 0 aliphatic heterocycles. The number of pyridine rings is 1. The first-order chi connectivity index (χ1) is 21.4. The van der Waals surface area contributed by atoms with E-state index in [4.69, 9.17) is 0 Å². The molecule has 2 aromatic carbocycles. The number of alkyl halides is 3. The Hall–Kier alpha value is -4.39. The Morgan fingerprint density at radius 1 is 0.978 bits per heavy atom. The summed E-state index contributed by atoms with van der Waals surface area (Å²) in [5.41, 5.74) is -0.340. The van der Waals surface area contributed by atoms with Gasteiger partial charge < -0.3 is 15.5 Å². The van der Waals surface area contributed by atoms with Crippen molar-refractivity contribution in [3.8, 4) is 16.9 Å². The highest BCUT2D eigenvalue weighted by Crippen LogP contribution is 2.31. The molecule has 0 aliphatic rings. The molecule has 13 heteroatoms. The second-order valence-electron chi connectivity index (χ2n) is 9.85. The molecule has 0 aliphatic carbocycles. The zero-order valence-electron chi connectivity index (χ0n) is 25.9. The van der Waals surface area contributed by atoms with Crippen LogP contribution in [0.25, 0.3) is 28.0 Å². The Morgan fingerprint density at radius 2 is 1.64 bits per heavy atom. The Morgan fingerprint density at radius 3 is 2.27 bits per heavy atom. The number of amides is 1. The van der Waals surface area contributed by atoms with Gasteiger partial charge in [-0.3, -0.25) is 14.2 Å². The summed E-state index contributed by atoms with van der Waals surface area (Å²) in [6.07, 6.45) is -3.88. The molecule has 2 N–H and O–H groups in total. The highest BCUT2D eigenvalue weighted by atomic mass is 19.4. The molecule has 4 rings (SSSR count). The summed E-state index contributed by atoms with van der Waals surface area (Å²) in [4.78, 5) is 37.0. The number of carbonyl (C=O) groups excluding carboxylic acids is 1. The van der Waals surface area contributed by atoms with Gasteiger partial charge in [-0.1, -0.05) is 39.8 Å². The van der Waals surface area contributed by atoms with Crippen molar-refractivity contribution >= 4 is 22.9 Å². The normalized spacial score (nSPS) is 11.4. The Kier molecular flexibility index (Phi) is 12.1. The van der Waals surface area contributed by atoms with Crippen LogP contribution in [0.1, 0.15) is 50.0 Å². The first kappa shape index (κ1) is 35.1. The van der Waals surface area contributed by atoms with Crippen molar-refractivity contribution in [2.24, 2.45) is 0 Å². The number of rotatable bonds is 11. The number of halogens is 5. The Labute approximate surface area is 258 Å². The largest absolute Gasteiger partial charge is 0.405 e. The molecule has 0 fully saturated rings. The molecule has 0 saturated heterocycles. The predicted octanol–water partition coefficient (Wildman–Crippen LogP) is 6.50. The Bertz CT molecular complexity index is 1670. The number of benzene rings is 2. The van der Waals surface area contributed by atoms with Crippen LogP contribution < -0.4 is 16.2 Å². The van der Waals surface area contributed by atoms with E-state index in [9.17, 15) is 31.5 Å². The van der Waals surface area contributed by atoms with Crippen molar-refractivity contribution in [2.45, 2.75) is 47.2 Å². The van der Waals surface area contributed by atoms with Crippen molar-refractivity contribution in [3.63, 3.8) is 0 Å². The number of anilines is 1. The number of aryl methyl sites for hydroxylation is 1. The minimum atomic E-state index is -4.59. The molecule has 8 nitrogen and oxygen atoms in total. The molecule has 2 heterocycles. The van der Waals surface area contributed by atoms with E-state index in [2.05, 4.69) is 34.0 Å². The topological polar surface area (TPSA) is 92.2 Å². The third kappa shape index (κ3) is 8.62. The first-order valence-corrected chi connectivity index (χ1v) is 14.7. The third-order valence-electron chi connectivity index (χ3n) is 6.94. The minimum absolute atomic E-state index is 0.0567. The fourth-order valence-electron chi connectivity index (χ4n) is 4.66. The molecule has 45 heavy (non-hydrogen) atoms. The first-order valence-electron chi connectivity index (χ1n) is 14.7. The van der Waals surface area contributed by atoms with Gasteiger partial charge in [-0.2, -0.15) is 18.2 Å². The lowest BCUT2D eigenvalue weighted by Crippen LogP contribution is -2.33. The van der Waals surface area contributed by atoms with Crippen LogP contribution in [-0.2, 0) is 0 Å². The van der Waals surface area contributed by atoms with E-state index in [-0.39, 0.29) is 28.2 Å². The van der Waals surface area contributed by atoms with E-state index in [1.54, 1.807) is 13.0 Å². The van der Waals surface area contributed by atoms with Crippen LogP contribution in [0.4, 0.5) is 27.9 Å². The number of hydrogen-bond donors (Lipinski definition) is 2. The molecule has 4 aromatic rings. The lowest BCUT2D eigenvalue weighted by Gasteiger charge is -2.18. The summed E-state index contributed by atoms with van der Waals surface area (Å²) >= 11 is 0. The van der Waals surface area contributed by atoms with E-state index in [0.717, 1.165) is 48.8 Å². The van der Waals surface area contributed by atoms with E-state index < -0.39 is 41.5 Å². The SMILES string of the molecule is CC.CCN(CC)CCCNc1nc(-c2cc(C(=O)NCC(F)(F)F)ccc2C)c2ccc(=O)n(-c3c(F)cccc3F)c2n1. The maximum Gasteiger partial charge on any atom is 0.405 e. The summed E-state index contributed by atoms with van der Waals surface area (Å²) in [5.74, 6) is -2.85. The van der Waals surface area contributed by atoms with Gasteiger partial charge in [-0.25, -0.2) is 13.8 Å². The molecule has 0 radical (unpaired) electrons. The van der Waals surface area contributed by atoms with Crippen molar-refractivity contribution in [3.05, 3.63) is 81.6 Å². The lowest BCUT2D eigenvalue weighted by molar-refractivity contribution is -0.123. The monoisotopic (exact) mass is 632 g/mol. The fraction of sp³-hybridized carbons (Fsp3) is 0.375. The molecule has 2 aromatic heterocycles. The summed E-state index contributed by atoms with van der Waals surface area (Å²) in [6.45, 7) is 11.3. The lowest BCUT2D eigenvalue weighted by atomic mass is 9.99. The minimum Gasteiger partial charge on any atom is -0.354 e. The number of nitrogens with one attached hydrogen (secondary N) is 2. The van der Waals surface area contributed by atoms with Crippen LogP contribution in [0.5, 0.6) is 0 Å². The number of para-hydroxylation sites is 1. The third-order valence-corrected chi connectivity index (χ3v) is 6.94. The standard InChI is InChI=1S/C30H31F5N6O2.C2H6/c1-4-40(5-2)15-7-14-36-29-38-25(21-16-19(11-10-18(21)3)28(43)37-17-30(33,34)35)20-12-13-24(42)41(27(20)39-29)26-22(31)8-6-9-23(26)32;1-2/h6,8-13,16H,4-5,7,14-15,17H2,1-3H3,(H,37,43)(H,36,38,39);1-2H3. The van der Waals surface area contributed by atoms with Gasteiger partial charge in [0.15, 0.2) is 5.65 Å².